The molecule has 4 rings (SSSR count). The van der Waals surface area contributed by atoms with Gasteiger partial charge in [-0.3, -0.25) is 4.79 Å². The molecule has 0 aliphatic rings. The van der Waals surface area contributed by atoms with Crippen molar-refractivity contribution in [1.82, 2.24) is 0 Å². The lowest BCUT2D eigenvalue weighted by atomic mass is 9.98. The number of ketones is 1. The first-order valence-electron chi connectivity index (χ1n) is 8.04. The molecule has 0 unspecified atom stereocenters. The second kappa shape index (κ2) is 6.54. The van der Waals surface area contributed by atoms with Gasteiger partial charge in [-0.25, -0.2) is 0 Å². The molecule has 2 nitrogen and oxygen atoms in total. The number of hydrogen-bond acceptors (Lipinski definition) is 3. The van der Waals surface area contributed by atoms with Crippen molar-refractivity contribution in [3.05, 3.63) is 89.3 Å². The number of benzene rings is 3. The molecule has 0 saturated heterocycles. The second-order valence-corrected chi connectivity index (χ2v) is 6.75. The van der Waals surface area contributed by atoms with Gasteiger partial charge in [0.25, 0.3) is 0 Å². The normalized spacial score (nSPS) is 10.8. The van der Waals surface area contributed by atoms with Crippen molar-refractivity contribution in [2.24, 2.45) is 0 Å². The predicted molar refractivity (Wildman–Crippen MR) is 104 cm³/mol. The summed E-state index contributed by atoms with van der Waals surface area (Å²) in [4.78, 5) is 14.1. The van der Waals surface area contributed by atoms with Crippen molar-refractivity contribution in [2.75, 3.05) is 7.11 Å². The summed E-state index contributed by atoms with van der Waals surface area (Å²) < 4.78 is 6.50. The maximum absolute atomic E-state index is 13.3. The minimum absolute atomic E-state index is 0.00231. The second-order valence-electron chi connectivity index (χ2n) is 5.70. The summed E-state index contributed by atoms with van der Waals surface area (Å²) in [7, 11) is 1.59. The number of methoxy groups -OCH3 is 1. The van der Waals surface area contributed by atoms with Gasteiger partial charge in [-0.15, -0.1) is 11.3 Å². The first-order chi connectivity index (χ1) is 12.3. The van der Waals surface area contributed by atoms with Crippen LogP contribution in [0.5, 0.6) is 5.75 Å². The number of rotatable bonds is 4. The molecule has 0 amide bonds. The van der Waals surface area contributed by atoms with Crippen molar-refractivity contribution < 1.29 is 9.53 Å². The van der Waals surface area contributed by atoms with Gasteiger partial charge in [-0.2, -0.15) is 0 Å². The molecule has 0 bridgehead atoms. The van der Waals surface area contributed by atoms with Gasteiger partial charge in [0.05, 0.1) is 17.6 Å². The van der Waals surface area contributed by atoms with Crippen LogP contribution in [-0.2, 0) is 0 Å². The first-order valence-corrected chi connectivity index (χ1v) is 8.86. The highest BCUT2D eigenvalue weighted by Crippen LogP contribution is 2.40. The van der Waals surface area contributed by atoms with Crippen molar-refractivity contribution in [2.45, 2.75) is 0 Å². The van der Waals surface area contributed by atoms with Gasteiger partial charge in [0.15, 0.2) is 0 Å². The summed E-state index contributed by atoms with van der Waals surface area (Å²) in [6, 6.07) is 25.6. The molecular weight excluding hydrogens is 328 g/mol. The molecule has 4 aromatic rings. The van der Waals surface area contributed by atoms with Gasteiger partial charge in [-0.1, -0.05) is 60.7 Å². The van der Waals surface area contributed by atoms with Gasteiger partial charge in [0.2, 0.25) is 5.78 Å². The molecule has 0 N–H and O–H groups in total. The van der Waals surface area contributed by atoms with Crippen molar-refractivity contribution in [3.63, 3.8) is 0 Å². The van der Waals surface area contributed by atoms with Crippen molar-refractivity contribution >= 4 is 27.2 Å². The van der Waals surface area contributed by atoms with Crippen LogP contribution in [0.2, 0.25) is 0 Å². The van der Waals surface area contributed by atoms with Crippen molar-refractivity contribution in [1.29, 1.82) is 0 Å². The zero-order valence-corrected chi connectivity index (χ0v) is 14.5. The molecule has 0 atom stereocenters. The van der Waals surface area contributed by atoms with E-state index in [4.69, 9.17) is 4.74 Å². The molecule has 0 spiro atoms. The Bertz CT molecular complexity index is 1050. The third-order valence-electron chi connectivity index (χ3n) is 4.22. The van der Waals surface area contributed by atoms with Crippen LogP contribution in [0.3, 0.4) is 0 Å². The van der Waals surface area contributed by atoms with Crippen LogP contribution < -0.4 is 4.74 Å². The van der Waals surface area contributed by atoms with Crippen LogP contribution in [0.15, 0.2) is 78.9 Å². The molecule has 122 valence electrons. The van der Waals surface area contributed by atoms with E-state index in [9.17, 15) is 4.79 Å². The van der Waals surface area contributed by atoms with E-state index in [0.29, 0.717) is 11.3 Å². The third kappa shape index (κ3) is 2.73. The van der Waals surface area contributed by atoms with E-state index in [1.165, 1.54) is 11.3 Å². The Balaban J connectivity index is 1.97. The minimum atomic E-state index is -0.00231. The van der Waals surface area contributed by atoms with E-state index < -0.39 is 0 Å². The highest BCUT2D eigenvalue weighted by Gasteiger charge is 2.22. The average molecular weight is 344 g/mol. The van der Waals surface area contributed by atoms with Gasteiger partial charge >= 0.3 is 0 Å². The lowest BCUT2D eigenvalue weighted by molar-refractivity contribution is 0.104. The Kier molecular flexibility index (Phi) is 4.08. The SMILES string of the molecule is COc1ccccc1C(=O)c1sc2ccccc2c1-c1ccccc1. The molecule has 3 heteroatoms. The summed E-state index contributed by atoms with van der Waals surface area (Å²) in [6.07, 6.45) is 0. The highest BCUT2D eigenvalue weighted by molar-refractivity contribution is 7.21. The van der Waals surface area contributed by atoms with E-state index in [1.807, 2.05) is 66.7 Å². The van der Waals surface area contributed by atoms with E-state index in [-0.39, 0.29) is 5.78 Å². The van der Waals surface area contributed by atoms with Crippen LogP contribution in [0.1, 0.15) is 15.2 Å². The number of carbonyl (C=O) groups is 1. The monoisotopic (exact) mass is 344 g/mol. The van der Waals surface area contributed by atoms with Crippen LogP contribution in [0.4, 0.5) is 0 Å². The number of ether oxygens (including phenoxy) is 1. The lowest BCUT2D eigenvalue weighted by Gasteiger charge is -2.08. The van der Waals surface area contributed by atoms with Crippen LogP contribution in [-0.4, -0.2) is 12.9 Å². The quantitative estimate of drug-likeness (QED) is 0.437. The maximum Gasteiger partial charge on any atom is 0.207 e. The molecule has 0 saturated carbocycles. The van der Waals surface area contributed by atoms with E-state index in [0.717, 1.165) is 26.1 Å². The van der Waals surface area contributed by atoms with Gasteiger partial charge in [-0.05, 0) is 23.8 Å². The molecule has 0 aliphatic heterocycles. The minimum Gasteiger partial charge on any atom is -0.496 e. The summed E-state index contributed by atoms with van der Waals surface area (Å²) in [5, 5.41) is 1.11. The highest BCUT2D eigenvalue weighted by atomic mass is 32.1. The molecule has 1 aromatic heterocycles. The van der Waals surface area contributed by atoms with E-state index in [2.05, 4.69) is 12.1 Å². The summed E-state index contributed by atoms with van der Waals surface area (Å²) in [5.74, 6) is 0.599. The standard InChI is InChI=1S/C22H16O2S/c1-24-18-13-7-5-11-16(18)21(23)22-20(15-9-3-2-4-10-15)17-12-6-8-14-19(17)25-22/h2-14H,1H3. The van der Waals surface area contributed by atoms with Gasteiger partial charge < -0.3 is 4.74 Å². The number of carbonyl (C=O) groups excluding carboxylic acids is 1. The number of hydrogen-bond donors (Lipinski definition) is 0. The Morgan fingerprint density at radius 1 is 0.840 bits per heavy atom. The Hall–Kier alpha value is -2.91. The number of para-hydroxylation sites is 1. The molecule has 3 aromatic carbocycles. The fourth-order valence-electron chi connectivity index (χ4n) is 3.05. The lowest BCUT2D eigenvalue weighted by Crippen LogP contribution is -2.03. The van der Waals surface area contributed by atoms with Crippen LogP contribution in [0, 0.1) is 0 Å². The summed E-state index contributed by atoms with van der Waals surface area (Å²) in [5.41, 5.74) is 2.64. The predicted octanol–water partition coefficient (Wildman–Crippen LogP) is 5.81. The number of thiophene rings is 1. The first kappa shape index (κ1) is 15.6. The molecule has 0 fully saturated rings. The van der Waals surface area contributed by atoms with E-state index in [1.54, 1.807) is 7.11 Å². The zero-order chi connectivity index (χ0) is 17.2. The maximum atomic E-state index is 13.3. The largest absolute Gasteiger partial charge is 0.496 e. The fraction of sp³-hybridized carbons (Fsp3) is 0.0455. The van der Waals surface area contributed by atoms with Crippen LogP contribution in [0.25, 0.3) is 21.2 Å². The summed E-state index contributed by atoms with van der Waals surface area (Å²) >= 11 is 1.54. The Morgan fingerprint density at radius 2 is 1.52 bits per heavy atom. The average Bonchev–Trinajstić information content (AvgIpc) is 3.07. The number of fused-ring (bicyclic) bond motifs is 1. The Labute approximate surface area is 150 Å². The summed E-state index contributed by atoms with van der Waals surface area (Å²) in [6.45, 7) is 0. The Morgan fingerprint density at radius 3 is 2.32 bits per heavy atom. The van der Waals surface area contributed by atoms with Crippen LogP contribution >= 0.6 is 11.3 Å². The molecular formula is C22H16O2S. The van der Waals surface area contributed by atoms with E-state index >= 15 is 0 Å². The van der Waals surface area contributed by atoms with Gasteiger partial charge in [0, 0.05) is 15.6 Å². The third-order valence-corrected chi connectivity index (χ3v) is 5.39. The molecule has 0 aliphatic carbocycles. The molecule has 0 radical (unpaired) electrons. The van der Waals surface area contributed by atoms with Gasteiger partial charge in [0.1, 0.15) is 5.75 Å². The molecule has 1 heterocycles. The topological polar surface area (TPSA) is 26.3 Å². The van der Waals surface area contributed by atoms with Crippen molar-refractivity contribution in [3.8, 4) is 16.9 Å². The smallest absolute Gasteiger partial charge is 0.207 e. The zero-order valence-electron chi connectivity index (χ0n) is 13.7. The molecule has 25 heavy (non-hydrogen) atoms. The fourth-order valence-corrected chi connectivity index (χ4v) is 4.23.